The normalized spacial score (nSPS) is 23.5. The molecule has 1 aliphatic rings. The molecule has 2 heterocycles. The van der Waals surface area contributed by atoms with Crippen molar-refractivity contribution in [1.29, 1.82) is 0 Å². The van der Waals surface area contributed by atoms with Crippen LogP contribution in [0, 0.1) is 17.8 Å². The Labute approximate surface area is 146 Å². The fourth-order valence-corrected chi connectivity index (χ4v) is 3.03. The Morgan fingerprint density at radius 1 is 1.54 bits per heavy atom. The maximum absolute atomic E-state index is 6.08. The summed E-state index contributed by atoms with van der Waals surface area (Å²) in [5.74, 6) is 3.84. The summed E-state index contributed by atoms with van der Waals surface area (Å²) in [6.45, 7) is 9.14. The third-order valence-corrected chi connectivity index (χ3v) is 4.85. The molecule has 2 rings (SSSR count). The van der Waals surface area contributed by atoms with Crippen molar-refractivity contribution in [3.63, 3.8) is 0 Å². The number of imidazole rings is 1. The lowest BCUT2D eigenvalue weighted by Gasteiger charge is -2.32. The Morgan fingerprint density at radius 3 is 2.96 bits per heavy atom. The number of nitrogens with zero attached hydrogens (tertiary/aromatic N) is 2. The highest BCUT2D eigenvalue weighted by Crippen LogP contribution is 2.35. The molecule has 0 radical (unpaired) electrons. The summed E-state index contributed by atoms with van der Waals surface area (Å²) >= 11 is 0. The van der Waals surface area contributed by atoms with E-state index in [2.05, 4.69) is 48.4 Å². The molecular weight excluding hydrogens is 300 g/mol. The second-order valence-corrected chi connectivity index (χ2v) is 6.68. The lowest BCUT2D eigenvalue weighted by Crippen LogP contribution is -2.28. The Morgan fingerprint density at radius 2 is 2.33 bits per heavy atom. The number of rotatable bonds is 7. The molecule has 1 aromatic heterocycles. The molecule has 0 aliphatic carbocycles. The summed E-state index contributed by atoms with van der Waals surface area (Å²) in [5.41, 5.74) is -0.369. The molecule has 4 heteroatoms. The van der Waals surface area contributed by atoms with Crippen LogP contribution >= 0.6 is 0 Å². The van der Waals surface area contributed by atoms with E-state index in [1.807, 2.05) is 19.3 Å². The Hall–Kier alpha value is -1.57. The van der Waals surface area contributed by atoms with Crippen molar-refractivity contribution in [1.82, 2.24) is 9.55 Å². The van der Waals surface area contributed by atoms with Crippen LogP contribution in [0.5, 0.6) is 0 Å². The van der Waals surface area contributed by atoms with Gasteiger partial charge in [0.15, 0.2) is 6.29 Å². The van der Waals surface area contributed by atoms with Crippen molar-refractivity contribution in [3.8, 4) is 12.3 Å². The highest BCUT2D eigenvalue weighted by atomic mass is 16.7. The third kappa shape index (κ3) is 4.28. The van der Waals surface area contributed by atoms with E-state index in [-0.39, 0.29) is 23.9 Å². The van der Waals surface area contributed by atoms with Gasteiger partial charge in [-0.3, -0.25) is 0 Å². The molecule has 4 atom stereocenters. The number of hydrogen-bond acceptors (Lipinski definition) is 3. The SMILES string of the molecule is C#C[C@](C)(/C=C\CC)C(C)n1ccnc1[C@H](C)OC1CCCCO1. The van der Waals surface area contributed by atoms with E-state index in [4.69, 9.17) is 15.9 Å². The van der Waals surface area contributed by atoms with E-state index in [1.165, 1.54) is 0 Å². The molecular formula is C20H30N2O2. The molecule has 0 aromatic carbocycles. The molecule has 1 aromatic rings. The molecule has 0 N–H and O–H groups in total. The summed E-state index contributed by atoms with van der Waals surface area (Å²) in [4.78, 5) is 4.52. The van der Waals surface area contributed by atoms with Crippen LogP contribution in [0.3, 0.4) is 0 Å². The Bertz CT molecular complexity index is 581. The van der Waals surface area contributed by atoms with E-state index in [1.54, 1.807) is 0 Å². The standard InChI is InChI=1S/C20H30N2O2/c1-6-8-12-20(5,7-2)17(4)22-14-13-21-19(22)16(3)24-18-11-9-10-15-23-18/h2,8,12-14,16-18H,6,9-11,15H2,1,3-5H3/b12-8-/t16-,17?,18?,20+/m0/s1. The molecule has 4 nitrogen and oxygen atoms in total. The van der Waals surface area contributed by atoms with Crippen molar-refractivity contribution < 1.29 is 9.47 Å². The molecule has 0 saturated carbocycles. The fraction of sp³-hybridized carbons (Fsp3) is 0.650. The van der Waals surface area contributed by atoms with Gasteiger partial charge in [0.25, 0.3) is 0 Å². The van der Waals surface area contributed by atoms with E-state index >= 15 is 0 Å². The zero-order valence-electron chi connectivity index (χ0n) is 15.4. The topological polar surface area (TPSA) is 36.3 Å². The van der Waals surface area contributed by atoms with Crippen molar-refractivity contribution >= 4 is 0 Å². The van der Waals surface area contributed by atoms with Crippen molar-refractivity contribution in [2.24, 2.45) is 5.41 Å². The predicted octanol–water partition coefficient (Wildman–Crippen LogP) is 4.65. The van der Waals surface area contributed by atoms with E-state index in [0.29, 0.717) is 0 Å². The lowest BCUT2D eigenvalue weighted by molar-refractivity contribution is -0.188. The van der Waals surface area contributed by atoms with Gasteiger partial charge < -0.3 is 14.0 Å². The van der Waals surface area contributed by atoms with Crippen LogP contribution in [0.2, 0.25) is 0 Å². The van der Waals surface area contributed by atoms with Crippen molar-refractivity contribution in [2.45, 2.75) is 71.8 Å². The lowest BCUT2D eigenvalue weighted by atomic mass is 9.83. The summed E-state index contributed by atoms with van der Waals surface area (Å²) in [5, 5.41) is 0. The van der Waals surface area contributed by atoms with Gasteiger partial charge in [0, 0.05) is 19.0 Å². The van der Waals surface area contributed by atoms with Gasteiger partial charge in [0.1, 0.15) is 11.9 Å². The zero-order valence-corrected chi connectivity index (χ0v) is 15.4. The minimum atomic E-state index is -0.369. The Balaban J connectivity index is 2.16. The van der Waals surface area contributed by atoms with Gasteiger partial charge in [0.2, 0.25) is 0 Å². The highest BCUT2D eigenvalue weighted by molar-refractivity contribution is 5.19. The summed E-state index contributed by atoms with van der Waals surface area (Å²) in [6.07, 6.45) is 17.8. The second kappa shape index (κ2) is 8.50. The number of terminal acetylenes is 1. The van der Waals surface area contributed by atoms with Crippen LogP contribution in [0.15, 0.2) is 24.5 Å². The maximum Gasteiger partial charge on any atom is 0.158 e. The first-order valence-corrected chi connectivity index (χ1v) is 8.97. The molecule has 0 bridgehead atoms. The van der Waals surface area contributed by atoms with Gasteiger partial charge >= 0.3 is 0 Å². The minimum absolute atomic E-state index is 0.0844. The summed E-state index contributed by atoms with van der Waals surface area (Å²) in [6, 6.07) is 0.0844. The minimum Gasteiger partial charge on any atom is -0.353 e. The molecule has 0 spiro atoms. The molecule has 1 saturated heterocycles. The van der Waals surface area contributed by atoms with Gasteiger partial charge in [-0.1, -0.05) is 25.0 Å². The zero-order chi connectivity index (χ0) is 17.6. The fourth-order valence-electron chi connectivity index (χ4n) is 3.03. The first-order chi connectivity index (χ1) is 11.5. The molecule has 2 unspecified atom stereocenters. The van der Waals surface area contributed by atoms with Gasteiger partial charge in [0.05, 0.1) is 11.5 Å². The highest BCUT2D eigenvalue weighted by Gasteiger charge is 2.30. The number of hydrogen-bond donors (Lipinski definition) is 0. The van der Waals surface area contributed by atoms with Gasteiger partial charge in [-0.2, -0.15) is 0 Å². The van der Waals surface area contributed by atoms with Crippen molar-refractivity contribution in [2.75, 3.05) is 6.61 Å². The van der Waals surface area contributed by atoms with E-state index < -0.39 is 0 Å². The van der Waals surface area contributed by atoms with E-state index in [9.17, 15) is 0 Å². The van der Waals surface area contributed by atoms with Crippen LogP contribution in [0.4, 0.5) is 0 Å². The number of ether oxygens (including phenoxy) is 2. The van der Waals surface area contributed by atoms with Crippen LogP contribution in [-0.2, 0) is 9.47 Å². The average Bonchev–Trinajstić information content (AvgIpc) is 3.09. The van der Waals surface area contributed by atoms with Crippen molar-refractivity contribution in [3.05, 3.63) is 30.4 Å². The van der Waals surface area contributed by atoms with Crippen LogP contribution < -0.4 is 0 Å². The molecule has 1 aliphatic heterocycles. The van der Waals surface area contributed by atoms with Crippen LogP contribution in [0.25, 0.3) is 0 Å². The molecule has 0 amide bonds. The third-order valence-electron chi connectivity index (χ3n) is 4.85. The smallest absolute Gasteiger partial charge is 0.158 e. The van der Waals surface area contributed by atoms with Gasteiger partial charge in [-0.05, 0) is 46.5 Å². The number of allylic oxidation sites excluding steroid dienone is 2. The van der Waals surface area contributed by atoms with Crippen LogP contribution in [0.1, 0.15) is 71.3 Å². The summed E-state index contributed by atoms with van der Waals surface area (Å²) in [7, 11) is 0. The molecule has 1 fully saturated rings. The summed E-state index contributed by atoms with van der Waals surface area (Å²) < 4.78 is 13.9. The molecule has 132 valence electrons. The maximum atomic E-state index is 6.08. The quantitative estimate of drug-likeness (QED) is 0.539. The average molecular weight is 330 g/mol. The predicted molar refractivity (Wildman–Crippen MR) is 96.4 cm³/mol. The van der Waals surface area contributed by atoms with Gasteiger partial charge in [-0.15, -0.1) is 6.42 Å². The largest absolute Gasteiger partial charge is 0.353 e. The Kier molecular flexibility index (Phi) is 6.65. The molecule has 24 heavy (non-hydrogen) atoms. The number of aromatic nitrogens is 2. The first kappa shape index (κ1) is 18.8. The van der Waals surface area contributed by atoms with Gasteiger partial charge in [-0.25, -0.2) is 4.98 Å². The first-order valence-electron chi connectivity index (χ1n) is 8.97. The monoisotopic (exact) mass is 330 g/mol. The second-order valence-electron chi connectivity index (χ2n) is 6.68. The van der Waals surface area contributed by atoms with E-state index in [0.717, 1.165) is 38.1 Å². The van der Waals surface area contributed by atoms with Crippen LogP contribution in [-0.4, -0.2) is 22.4 Å².